The number of hydrogen-bond acceptors (Lipinski definition) is 4. The average Bonchev–Trinajstić information content (AvgIpc) is 2.87. The minimum Gasteiger partial charge on any atom is -0.464 e. The molecule has 5 nitrogen and oxygen atoms in total. The summed E-state index contributed by atoms with van der Waals surface area (Å²) in [5, 5.41) is 9.91. The van der Waals surface area contributed by atoms with Crippen molar-refractivity contribution in [1.29, 1.82) is 0 Å². The summed E-state index contributed by atoms with van der Waals surface area (Å²) in [4.78, 5) is 15.5. The summed E-state index contributed by atoms with van der Waals surface area (Å²) >= 11 is 0. The van der Waals surface area contributed by atoms with E-state index in [0.717, 1.165) is 5.56 Å². The molecule has 0 amide bonds. The molecule has 100 valence electrons. The van der Waals surface area contributed by atoms with Crippen LogP contribution in [0.15, 0.2) is 42.7 Å². The number of ether oxygens (including phenoxy) is 1. The number of aliphatic hydroxyl groups excluding tert-OH is 1. The summed E-state index contributed by atoms with van der Waals surface area (Å²) in [6, 6.07) is 9.76. The average molecular weight is 260 g/mol. The molecule has 0 aliphatic heterocycles. The van der Waals surface area contributed by atoms with Gasteiger partial charge < -0.3 is 14.4 Å². The van der Waals surface area contributed by atoms with Crippen molar-refractivity contribution in [3.05, 3.63) is 54.1 Å². The Morgan fingerprint density at radius 1 is 1.42 bits per heavy atom. The summed E-state index contributed by atoms with van der Waals surface area (Å²) in [5.41, 5.74) is 1.07. The standard InChI is InChI=1S/C14H16N2O3/c1-2-19-14(18)12(17)13-15-8-9-16(13)10-11-6-4-3-5-7-11/h3-9,12,17H,2,10H2,1H3. The van der Waals surface area contributed by atoms with E-state index in [9.17, 15) is 9.90 Å². The van der Waals surface area contributed by atoms with Crippen molar-refractivity contribution in [2.75, 3.05) is 6.61 Å². The molecule has 0 bridgehead atoms. The Morgan fingerprint density at radius 2 is 2.16 bits per heavy atom. The molecule has 19 heavy (non-hydrogen) atoms. The molecular formula is C14H16N2O3. The molecule has 0 spiro atoms. The highest BCUT2D eigenvalue weighted by Gasteiger charge is 2.23. The number of hydrogen-bond donors (Lipinski definition) is 1. The van der Waals surface area contributed by atoms with E-state index in [-0.39, 0.29) is 6.61 Å². The molecule has 1 unspecified atom stereocenters. The van der Waals surface area contributed by atoms with Gasteiger partial charge in [-0.25, -0.2) is 9.78 Å². The van der Waals surface area contributed by atoms with Crippen LogP contribution in [-0.2, 0) is 16.1 Å². The maximum Gasteiger partial charge on any atom is 0.342 e. The van der Waals surface area contributed by atoms with Gasteiger partial charge in [0.05, 0.1) is 6.61 Å². The lowest BCUT2D eigenvalue weighted by molar-refractivity contribution is -0.153. The van der Waals surface area contributed by atoms with Crippen LogP contribution in [0.25, 0.3) is 0 Å². The monoisotopic (exact) mass is 260 g/mol. The number of aliphatic hydroxyl groups is 1. The molecule has 1 aromatic carbocycles. The van der Waals surface area contributed by atoms with Gasteiger partial charge in [-0.1, -0.05) is 30.3 Å². The predicted molar refractivity (Wildman–Crippen MR) is 69.4 cm³/mol. The van der Waals surface area contributed by atoms with E-state index >= 15 is 0 Å². The van der Waals surface area contributed by atoms with Gasteiger partial charge in [-0.05, 0) is 12.5 Å². The first-order valence-electron chi connectivity index (χ1n) is 6.12. The number of imidazole rings is 1. The molecule has 0 aliphatic carbocycles. The first-order valence-corrected chi connectivity index (χ1v) is 6.12. The van der Waals surface area contributed by atoms with Gasteiger partial charge >= 0.3 is 5.97 Å². The van der Waals surface area contributed by atoms with Gasteiger partial charge in [-0.2, -0.15) is 0 Å². The molecule has 1 heterocycles. The van der Waals surface area contributed by atoms with Crippen molar-refractivity contribution in [2.45, 2.75) is 19.6 Å². The van der Waals surface area contributed by atoms with Crippen LogP contribution in [0.2, 0.25) is 0 Å². The molecule has 0 radical (unpaired) electrons. The van der Waals surface area contributed by atoms with Gasteiger partial charge in [0.25, 0.3) is 0 Å². The summed E-state index contributed by atoms with van der Waals surface area (Å²) in [5.74, 6) is -0.384. The van der Waals surface area contributed by atoms with Gasteiger partial charge in [0, 0.05) is 18.9 Å². The molecule has 5 heteroatoms. The Morgan fingerprint density at radius 3 is 2.84 bits per heavy atom. The molecule has 1 aromatic heterocycles. The summed E-state index contributed by atoms with van der Waals surface area (Å²) < 4.78 is 6.52. The van der Waals surface area contributed by atoms with Crippen molar-refractivity contribution in [3.63, 3.8) is 0 Å². The van der Waals surface area contributed by atoms with E-state index in [4.69, 9.17) is 4.74 Å². The van der Waals surface area contributed by atoms with Crippen molar-refractivity contribution < 1.29 is 14.6 Å². The summed E-state index contributed by atoms with van der Waals surface area (Å²) in [6.07, 6.45) is 1.93. The Hall–Kier alpha value is -2.14. The van der Waals surface area contributed by atoms with Gasteiger partial charge in [0.1, 0.15) is 5.82 Å². The number of nitrogens with zero attached hydrogens (tertiary/aromatic N) is 2. The van der Waals surface area contributed by atoms with E-state index < -0.39 is 12.1 Å². The van der Waals surface area contributed by atoms with Gasteiger partial charge in [0.15, 0.2) is 0 Å². The van der Waals surface area contributed by atoms with Crippen LogP contribution in [0.4, 0.5) is 0 Å². The molecule has 2 rings (SSSR count). The summed E-state index contributed by atoms with van der Waals surface area (Å²) in [6.45, 7) is 2.48. The predicted octanol–water partition coefficient (Wildman–Crippen LogP) is 1.53. The van der Waals surface area contributed by atoms with Crippen molar-refractivity contribution in [3.8, 4) is 0 Å². The molecule has 1 N–H and O–H groups in total. The maximum atomic E-state index is 11.5. The highest BCUT2D eigenvalue weighted by Crippen LogP contribution is 2.14. The molecule has 2 aromatic rings. The Balaban J connectivity index is 2.16. The molecule has 0 fully saturated rings. The topological polar surface area (TPSA) is 64.3 Å². The fourth-order valence-electron chi connectivity index (χ4n) is 1.81. The smallest absolute Gasteiger partial charge is 0.342 e. The van der Waals surface area contributed by atoms with Crippen LogP contribution in [0.1, 0.15) is 24.4 Å². The Kier molecular flexibility index (Phi) is 4.30. The molecule has 0 saturated heterocycles. The van der Waals surface area contributed by atoms with Crippen LogP contribution in [-0.4, -0.2) is 27.2 Å². The quantitative estimate of drug-likeness (QED) is 0.828. The number of benzene rings is 1. The number of esters is 1. The third-order valence-electron chi connectivity index (χ3n) is 2.70. The normalized spacial score (nSPS) is 12.1. The van der Waals surface area contributed by atoms with Crippen LogP contribution in [0.3, 0.4) is 0 Å². The zero-order valence-corrected chi connectivity index (χ0v) is 10.7. The van der Waals surface area contributed by atoms with E-state index in [2.05, 4.69) is 4.98 Å². The fraction of sp³-hybridized carbons (Fsp3) is 0.286. The lowest BCUT2D eigenvalue weighted by Crippen LogP contribution is -2.20. The van der Waals surface area contributed by atoms with Crippen LogP contribution in [0.5, 0.6) is 0 Å². The van der Waals surface area contributed by atoms with Gasteiger partial charge in [-0.3, -0.25) is 0 Å². The van der Waals surface area contributed by atoms with E-state index in [0.29, 0.717) is 12.4 Å². The third-order valence-corrected chi connectivity index (χ3v) is 2.70. The number of carbonyl (C=O) groups is 1. The second kappa shape index (κ2) is 6.15. The van der Waals surface area contributed by atoms with E-state index in [1.807, 2.05) is 30.3 Å². The van der Waals surface area contributed by atoms with Crippen LogP contribution < -0.4 is 0 Å². The van der Waals surface area contributed by atoms with Gasteiger partial charge in [-0.15, -0.1) is 0 Å². The third kappa shape index (κ3) is 3.20. The number of aromatic nitrogens is 2. The minimum absolute atomic E-state index is 0.231. The summed E-state index contributed by atoms with van der Waals surface area (Å²) in [7, 11) is 0. The lowest BCUT2D eigenvalue weighted by atomic mass is 10.2. The van der Waals surface area contributed by atoms with E-state index in [1.54, 1.807) is 23.9 Å². The van der Waals surface area contributed by atoms with E-state index in [1.165, 1.54) is 0 Å². The second-order valence-electron chi connectivity index (χ2n) is 4.05. The zero-order chi connectivity index (χ0) is 13.7. The first-order chi connectivity index (χ1) is 9.22. The fourth-order valence-corrected chi connectivity index (χ4v) is 1.81. The van der Waals surface area contributed by atoms with Crippen molar-refractivity contribution in [2.24, 2.45) is 0 Å². The van der Waals surface area contributed by atoms with Crippen molar-refractivity contribution >= 4 is 5.97 Å². The van der Waals surface area contributed by atoms with Crippen LogP contribution >= 0.6 is 0 Å². The molecule has 0 aliphatic rings. The lowest BCUT2D eigenvalue weighted by Gasteiger charge is -2.12. The van der Waals surface area contributed by atoms with Crippen molar-refractivity contribution in [1.82, 2.24) is 9.55 Å². The minimum atomic E-state index is -1.35. The SMILES string of the molecule is CCOC(=O)C(O)c1nccn1Cc1ccccc1. The second-order valence-corrected chi connectivity index (χ2v) is 4.05. The molecule has 1 atom stereocenters. The Bertz CT molecular complexity index is 537. The molecular weight excluding hydrogens is 244 g/mol. The van der Waals surface area contributed by atoms with Crippen LogP contribution in [0, 0.1) is 0 Å². The zero-order valence-electron chi connectivity index (χ0n) is 10.7. The Labute approximate surface area is 111 Å². The number of carbonyl (C=O) groups excluding carboxylic acids is 1. The first kappa shape index (κ1) is 13.3. The highest BCUT2D eigenvalue weighted by molar-refractivity contribution is 5.75. The number of rotatable bonds is 5. The maximum absolute atomic E-state index is 11.5. The highest BCUT2D eigenvalue weighted by atomic mass is 16.5. The largest absolute Gasteiger partial charge is 0.464 e. The van der Waals surface area contributed by atoms with Gasteiger partial charge in [0.2, 0.25) is 6.10 Å². The molecule has 0 saturated carbocycles.